The van der Waals surface area contributed by atoms with Gasteiger partial charge in [0.2, 0.25) is 0 Å². The molecular weight excluding hydrogens is 186 g/mol. The summed E-state index contributed by atoms with van der Waals surface area (Å²) >= 11 is 1.61. The second kappa shape index (κ2) is 4.81. The zero-order valence-electron chi connectivity index (χ0n) is 7.70. The number of rotatable bonds is 3. The van der Waals surface area contributed by atoms with E-state index in [0.29, 0.717) is 6.54 Å². The predicted octanol–water partition coefficient (Wildman–Crippen LogP) is 1.18. The lowest BCUT2D eigenvalue weighted by Crippen LogP contribution is -2.35. The van der Waals surface area contributed by atoms with Crippen LogP contribution in [0.3, 0.4) is 0 Å². The highest BCUT2D eigenvalue weighted by molar-refractivity contribution is 7.09. The van der Waals surface area contributed by atoms with E-state index < -0.39 is 0 Å². The minimum Gasteiger partial charge on any atom is -0.341 e. The van der Waals surface area contributed by atoms with Gasteiger partial charge in [0.1, 0.15) is 0 Å². The maximum Gasteiger partial charge on any atom is 0.314 e. The van der Waals surface area contributed by atoms with Crippen molar-refractivity contribution in [1.82, 2.24) is 15.6 Å². The molecule has 2 N–H and O–H groups in total. The Labute approximate surface area is 81.4 Å². The molecule has 0 aliphatic carbocycles. The highest BCUT2D eigenvalue weighted by Gasteiger charge is 2.08. The molecular formula is C8H13N3OS. The van der Waals surface area contributed by atoms with E-state index in [4.69, 9.17) is 0 Å². The van der Waals surface area contributed by atoms with Gasteiger partial charge in [-0.2, -0.15) is 0 Å². The molecule has 1 aromatic rings. The first kappa shape index (κ1) is 9.98. The first-order valence-electron chi connectivity index (χ1n) is 4.09. The summed E-state index contributed by atoms with van der Waals surface area (Å²) in [5.41, 5.74) is 0. The quantitative estimate of drug-likeness (QED) is 0.768. The van der Waals surface area contributed by atoms with Gasteiger partial charge in [0.15, 0.2) is 0 Å². The minimum atomic E-state index is -0.150. The molecule has 4 nitrogen and oxygen atoms in total. The van der Waals surface area contributed by atoms with Crippen molar-refractivity contribution in [3.63, 3.8) is 0 Å². The van der Waals surface area contributed by atoms with Gasteiger partial charge in [-0.05, 0) is 0 Å². The van der Waals surface area contributed by atoms with Gasteiger partial charge < -0.3 is 10.6 Å². The van der Waals surface area contributed by atoms with Gasteiger partial charge >= 0.3 is 6.03 Å². The van der Waals surface area contributed by atoms with Crippen molar-refractivity contribution in [2.24, 2.45) is 0 Å². The number of thiazole rings is 1. The zero-order chi connectivity index (χ0) is 9.68. The monoisotopic (exact) mass is 199 g/mol. The molecule has 0 radical (unpaired) electrons. The average molecular weight is 199 g/mol. The summed E-state index contributed by atoms with van der Waals surface area (Å²) < 4.78 is 0. The maximum atomic E-state index is 10.8. The van der Waals surface area contributed by atoms with E-state index in [0.717, 1.165) is 5.01 Å². The fourth-order valence-corrected chi connectivity index (χ4v) is 1.60. The minimum absolute atomic E-state index is 0.150. The number of amides is 2. The van der Waals surface area contributed by atoms with Crippen LogP contribution < -0.4 is 10.6 Å². The standard InChI is InChI=1S/C8H13N3OS/c1-6(5-11-8(12)9-2)7-10-3-4-13-7/h3-4,6H,5H2,1-2H3,(H2,9,11,12). The summed E-state index contributed by atoms with van der Waals surface area (Å²) in [6, 6.07) is -0.150. The Hall–Kier alpha value is -1.10. The molecule has 1 atom stereocenters. The molecule has 0 bridgehead atoms. The van der Waals surface area contributed by atoms with E-state index >= 15 is 0 Å². The van der Waals surface area contributed by atoms with Crippen LogP contribution in [-0.2, 0) is 0 Å². The van der Waals surface area contributed by atoms with Gasteiger partial charge in [0.05, 0.1) is 5.01 Å². The maximum absolute atomic E-state index is 10.8. The summed E-state index contributed by atoms with van der Waals surface area (Å²) in [5.74, 6) is 0.275. The van der Waals surface area contributed by atoms with E-state index in [1.807, 2.05) is 12.3 Å². The van der Waals surface area contributed by atoms with Gasteiger partial charge in [0, 0.05) is 31.1 Å². The molecule has 13 heavy (non-hydrogen) atoms. The molecule has 72 valence electrons. The Kier molecular flexibility index (Phi) is 3.70. The molecule has 1 rings (SSSR count). The van der Waals surface area contributed by atoms with Crippen molar-refractivity contribution < 1.29 is 4.79 Å². The smallest absolute Gasteiger partial charge is 0.314 e. The van der Waals surface area contributed by atoms with Gasteiger partial charge in [0.25, 0.3) is 0 Å². The Morgan fingerprint density at radius 1 is 1.77 bits per heavy atom. The summed E-state index contributed by atoms with van der Waals surface area (Å²) in [6.07, 6.45) is 1.77. The van der Waals surface area contributed by atoms with Crippen LogP contribution in [0.5, 0.6) is 0 Å². The molecule has 0 aromatic carbocycles. The van der Waals surface area contributed by atoms with Crippen LogP contribution in [0.1, 0.15) is 17.8 Å². The number of aromatic nitrogens is 1. The van der Waals surface area contributed by atoms with Crippen LogP contribution in [0.2, 0.25) is 0 Å². The molecule has 0 aliphatic rings. The van der Waals surface area contributed by atoms with Crippen LogP contribution in [0.15, 0.2) is 11.6 Å². The van der Waals surface area contributed by atoms with Crippen molar-refractivity contribution >= 4 is 17.4 Å². The number of urea groups is 1. The Bertz CT molecular complexity index is 260. The molecule has 2 amide bonds. The summed E-state index contributed by atoms with van der Waals surface area (Å²) in [6.45, 7) is 2.65. The van der Waals surface area contributed by atoms with Crippen LogP contribution >= 0.6 is 11.3 Å². The van der Waals surface area contributed by atoms with Crippen LogP contribution in [0.25, 0.3) is 0 Å². The topological polar surface area (TPSA) is 54.0 Å². The lowest BCUT2D eigenvalue weighted by molar-refractivity contribution is 0.242. The van der Waals surface area contributed by atoms with Crippen molar-refractivity contribution in [3.05, 3.63) is 16.6 Å². The van der Waals surface area contributed by atoms with Crippen molar-refractivity contribution in [2.45, 2.75) is 12.8 Å². The first-order chi connectivity index (χ1) is 6.24. The number of carbonyl (C=O) groups excluding carboxylic acids is 1. The summed E-state index contributed by atoms with van der Waals surface area (Å²) in [7, 11) is 1.60. The Morgan fingerprint density at radius 3 is 3.08 bits per heavy atom. The number of nitrogens with one attached hydrogen (secondary N) is 2. The Morgan fingerprint density at radius 2 is 2.54 bits per heavy atom. The normalized spacial score (nSPS) is 12.2. The third-order valence-electron chi connectivity index (χ3n) is 1.67. The second-order valence-electron chi connectivity index (χ2n) is 2.73. The number of hydrogen-bond donors (Lipinski definition) is 2. The van der Waals surface area contributed by atoms with Crippen LogP contribution in [0, 0.1) is 0 Å². The fourth-order valence-electron chi connectivity index (χ4n) is 0.899. The lowest BCUT2D eigenvalue weighted by atomic mass is 10.2. The SMILES string of the molecule is CNC(=O)NCC(C)c1nccs1. The molecule has 0 spiro atoms. The molecule has 0 fully saturated rings. The van der Waals surface area contributed by atoms with Crippen molar-refractivity contribution in [3.8, 4) is 0 Å². The van der Waals surface area contributed by atoms with Crippen molar-refractivity contribution in [1.29, 1.82) is 0 Å². The largest absolute Gasteiger partial charge is 0.341 e. The Balaban J connectivity index is 2.34. The van der Waals surface area contributed by atoms with Gasteiger partial charge in [-0.3, -0.25) is 0 Å². The van der Waals surface area contributed by atoms with Gasteiger partial charge in [-0.15, -0.1) is 11.3 Å². The number of hydrogen-bond acceptors (Lipinski definition) is 3. The summed E-state index contributed by atoms with van der Waals surface area (Å²) in [5, 5.41) is 8.22. The highest BCUT2D eigenvalue weighted by Crippen LogP contribution is 2.15. The van der Waals surface area contributed by atoms with E-state index in [2.05, 4.69) is 15.6 Å². The molecule has 0 saturated carbocycles. The number of carbonyl (C=O) groups is 1. The fraction of sp³-hybridized carbons (Fsp3) is 0.500. The average Bonchev–Trinajstić information content (AvgIpc) is 2.66. The number of nitrogens with zero attached hydrogens (tertiary/aromatic N) is 1. The van der Waals surface area contributed by atoms with E-state index in [1.54, 1.807) is 24.6 Å². The molecule has 1 aromatic heterocycles. The van der Waals surface area contributed by atoms with Crippen LogP contribution in [0.4, 0.5) is 4.79 Å². The lowest BCUT2D eigenvalue weighted by Gasteiger charge is -2.08. The molecule has 0 aliphatic heterocycles. The molecule has 1 heterocycles. The van der Waals surface area contributed by atoms with E-state index in [1.165, 1.54) is 0 Å². The van der Waals surface area contributed by atoms with Crippen LogP contribution in [-0.4, -0.2) is 24.6 Å². The van der Waals surface area contributed by atoms with Crippen molar-refractivity contribution in [2.75, 3.05) is 13.6 Å². The van der Waals surface area contributed by atoms with E-state index in [-0.39, 0.29) is 11.9 Å². The summed E-state index contributed by atoms with van der Waals surface area (Å²) in [4.78, 5) is 15.0. The van der Waals surface area contributed by atoms with E-state index in [9.17, 15) is 4.79 Å². The zero-order valence-corrected chi connectivity index (χ0v) is 8.52. The highest BCUT2D eigenvalue weighted by atomic mass is 32.1. The predicted molar refractivity (Wildman–Crippen MR) is 53.0 cm³/mol. The second-order valence-corrected chi connectivity index (χ2v) is 3.66. The van der Waals surface area contributed by atoms with Gasteiger partial charge in [-0.25, -0.2) is 9.78 Å². The third-order valence-corrected chi connectivity index (χ3v) is 2.68. The molecule has 5 heteroatoms. The third kappa shape index (κ3) is 3.02. The molecule has 1 unspecified atom stereocenters. The van der Waals surface area contributed by atoms with Gasteiger partial charge in [-0.1, -0.05) is 6.92 Å². The molecule has 0 saturated heterocycles. The first-order valence-corrected chi connectivity index (χ1v) is 4.97.